The summed E-state index contributed by atoms with van der Waals surface area (Å²) in [4.78, 5) is 22.4. The minimum atomic E-state index is -0.364. The first kappa shape index (κ1) is 10.6. The molecule has 78 valence electrons. The summed E-state index contributed by atoms with van der Waals surface area (Å²) in [7, 11) is 1.62. The average molecular weight is 197 g/mol. The van der Waals surface area contributed by atoms with Gasteiger partial charge in [0, 0.05) is 13.6 Å². The Morgan fingerprint density at radius 1 is 1.21 bits per heavy atom. The predicted molar refractivity (Wildman–Crippen MR) is 52.1 cm³/mol. The summed E-state index contributed by atoms with van der Waals surface area (Å²) in [5.74, 6) is -0.716. The predicted octanol–water partition coefficient (Wildman–Crippen LogP) is -0.536. The largest absolute Gasteiger partial charge is 0.382 e. The van der Waals surface area contributed by atoms with E-state index < -0.39 is 0 Å². The summed E-state index contributed by atoms with van der Waals surface area (Å²) in [6, 6.07) is 0. The van der Waals surface area contributed by atoms with Crippen LogP contribution in [-0.2, 0) is 9.59 Å². The first-order chi connectivity index (χ1) is 6.70. The van der Waals surface area contributed by atoms with Gasteiger partial charge in [0.15, 0.2) is 0 Å². The lowest BCUT2D eigenvalue weighted by Crippen LogP contribution is -2.27. The molecule has 0 aromatic heterocycles. The number of likely N-dealkylation sites (N-methyl/N-ethyl adjacent to an activating group) is 1. The van der Waals surface area contributed by atoms with Crippen molar-refractivity contribution in [2.45, 2.75) is 19.8 Å². The first-order valence-electron chi connectivity index (χ1n) is 4.72. The Morgan fingerprint density at radius 3 is 2.43 bits per heavy atom. The van der Waals surface area contributed by atoms with E-state index in [0.29, 0.717) is 17.9 Å². The molecule has 1 aliphatic heterocycles. The molecule has 0 atom stereocenters. The van der Waals surface area contributed by atoms with E-state index in [1.165, 1.54) is 0 Å². The van der Waals surface area contributed by atoms with E-state index in [4.69, 9.17) is 0 Å². The molecule has 0 unspecified atom stereocenters. The summed E-state index contributed by atoms with van der Waals surface area (Å²) in [6.07, 6.45) is 2.02. The lowest BCUT2D eigenvalue weighted by molar-refractivity contribution is -0.124. The highest BCUT2D eigenvalue weighted by molar-refractivity contribution is 6.18. The molecule has 0 aliphatic carbocycles. The Hall–Kier alpha value is -1.52. The second-order valence-corrected chi connectivity index (χ2v) is 3.06. The van der Waals surface area contributed by atoms with Crippen molar-refractivity contribution in [2.75, 3.05) is 13.6 Å². The van der Waals surface area contributed by atoms with Crippen LogP contribution in [0.1, 0.15) is 19.8 Å². The van der Waals surface area contributed by atoms with Gasteiger partial charge < -0.3 is 10.6 Å². The minimum absolute atomic E-state index is 0.325. The van der Waals surface area contributed by atoms with Crippen molar-refractivity contribution in [2.24, 2.45) is 0 Å². The number of hydrogen-bond donors (Lipinski definition) is 3. The summed E-state index contributed by atoms with van der Waals surface area (Å²) in [5, 5.41) is 7.87. The van der Waals surface area contributed by atoms with Crippen molar-refractivity contribution in [1.29, 1.82) is 0 Å². The van der Waals surface area contributed by atoms with Gasteiger partial charge in [-0.1, -0.05) is 13.3 Å². The van der Waals surface area contributed by atoms with Gasteiger partial charge >= 0.3 is 0 Å². The van der Waals surface area contributed by atoms with Gasteiger partial charge in [0.05, 0.1) is 0 Å². The van der Waals surface area contributed by atoms with E-state index in [1.807, 2.05) is 0 Å². The molecule has 5 heteroatoms. The van der Waals surface area contributed by atoms with E-state index in [2.05, 4.69) is 22.9 Å². The first-order valence-corrected chi connectivity index (χ1v) is 4.72. The molecule has 3 N–H and O–H groups in total. The maximum absolute atomic E-state index is 11.3. The standard InChI is InChI=1S/C9H15N3O2/c1-3-4-5-11-7-6(10-2)8(13)12-9(7)14/h3-5H2,1-2H3,(H3,10,11,12,13,14). The zero-order valence-corrected chi connectivity index (χ0v) is 8.44. The van der Waals surface area contributed by atoms with E-state index in [-0.39, 0.29) is 11.8 Å². The van der Waals surface area contributed by atoms with Gasteiger partial charge in [-0.15, -0.1) is 0 Å². The lowest BCUT2D eigenvalue weighted by atomic mass is 10.3. The van der Waals surface area contributed by atoms with Crippen molar-refractivity contribution < 1.29 is 9.59 Å². The van der Waals surface area contributed by atoms with Gasteiger partial charge in [0.25, 0.3) is 11.8 Å². The summed E-state index contributed by atoms with van der Waals surface area (Å²) in [6.45, 7) is 2.77. The maximum Gasteiger partial charge on any atom is 0.276 e. The highest BCUT2D eigenvalue weighted by Gasteiger charge is 2.28. The molecule has 0 fully saturated rings. The molecule has 14 heavy (non-hydrogen) atoms. The maximum atomic E-state index is 11.3. The zero-order valence-electron chi connectivity index (χ0n) is 8.44. The van der Waals surface area contributed by atoms with Gasteiger partial charge in [-0.25, -0.2) is 0 Å². The van der Waals surface area contributed by atoms with Crippen molar-refractivity contribution >= 4 is 11.8 Å². The van der Waals surface area contributed by atoms with Crippen molar-refractivity contribution in [3.05, 3.63) is 11.4 Å². The van der Waals surface area contributed by atoms with Crippen molar-refractivity contribution in [1.82, 2.24) is 16.0 Å². The highest BCUT2D eigenvalue weighted by atomic mass is 16.2. The molecular formula is C9H15N3O2. The normalized spacial score (nSPS) is 15.9. The van der Waals surface area contributed by atoms with Crippen LogP contribution >= 0.6 is 0 Å². The van der Waals surface area contributed by atoms with E-state index >= 15 is 0 Å². The highest BCUT2D eigenvalue weighted by Crippen LogP contribution is 2.06. The number of rotatable bonds is 5. The fraction of sp³-hybridized carbons (Fsp3) is 0.556. The van der Waals surface area contributed by atoms with Gasteiger partial charge in [0.1, 0.15) is 11.4 Å². The molecule has 1 aliphatic rings. The summed E-state index contributed by atoms with van der Waals surface area (Å²) in [5.41, 5.74) is 0.678. The van der Waals surface area contributed by atoms with E-state index in [9.17, 15) is 9.59 Å². The SMILES string of the molecule is CCCCNC1=C(NC)C(=O)NC1=O. The number of carbonyl (C=O) groups is 2. The van der Waals surface area contributed by atoms with Gasteiger partial charge in [-0.3, -0.25) is 14.9 Å². The molecule has 1 heterocycles. The Balaban J connectivity index is 2.66. The number of hydrogen-bond acceptors (Lipinski definition) is 4. The second-order valence-electron chi connectivity index (χ2n) is 3.06. The zero-order chi connectivity index (χ0) is 10.6. The van der Waals surface area contributed by atoms with Crippen LogP contribution in [0.3, 0.4) is 0 Å². The van der Waals surface area contributed by atoms with Crippen LogP contribution in [0, 0.1) is 0 Å². The number of amides is 2. The van der Waals surface area contributed by atoms with Crippen LogP contribution in [0.15, 0.2) is 11.4 Å². The Bertz CT molecular complexity index is 284. The van der Waals surface area contributed by atoms with Crippen LogP contribution < -0.4 is 16.0 Å². The molecule has 0 radical (unpaired) electrons. The van der Waals surface area contributed by atoms with Crippen LogP contribution in [-0.4, -0.2) is 25.4 Å². The molecule has 2 amide bonds. The van der Waals surface area contributed by atoms with E-state index in [1.54, 1.807) is 7.05 Å². The molecule has 0 spiro atoms. The number of nitrogens with one attached hydrogen (secondary N) is 3. The van der Waals surface area contributed by atoms with E-state index in [0.717, 1.165) is 12.8 Å². The third-order valence-corrected chi connectivity index (χ3v) is 2.01. The molecular weight excluding hydrogens is 182 g/mol. The van der Waals surface area contributed by atoms with Crippen LogP contribution in [0.4, 0.5) is 0 Å². The van der Waals surface area contributed by atoms with Crippen LogP contribution in [0.5, 0.6) is 0 Å². The Labute approximate surface area is 82.9 Å². The van der Waals surface area contributed by atoms with Crippen molar-refractivity contribution in [3.8, 4) is 0 Å². The molecule has 0 saturated heterocycles. The fourth-order valence-corrected chi connectivity index (χ4v) is 1.25. The Morgan fingerprint density at radius 2 is 1.86 bits per heavy atom. The quantitative estimate of drug-likeness (QED) is 0.409. The minimum Gasteiger partial charge on any atom is -0.382 e. The molecule has 0 aromatic rings. The smallest absolute Gasteiger partial charge is 0.276 e. The summed E-state index contributed by atoms with van der Waals surface area (Å²) >= 11 is 0. The van der Waals surface area contributed by atoms with Crippen molar-refractivity contribution in [3.63, 3.8) is 0 Å². The van der Waals surface area contributed by atoms with Gasteiger partial charge in [0.2, 0.25) is 0 Å². The molecule has 0 bridgehead atoms. The summed E-state index contributed by atoms with van der Waals surface area (Å²) < 4.78 is 0. The van der Waals surface area contributed by atoms with Gasteiger partial charge in [-0.2, -0.15) is 0 Å². The molecule has 0 saturated carbocycles. The third-order valence-electron chi connectivity index (χ3n) is 2.01. The molecule has 5 nitrogen and oxygen atoms in total. The number of carbonyl (C=O) groups excluding carboxylic acids is 2. The molecule has 0 aromatic carbocycles. The third kappa shape index (κ3) is 2.04. The number of imide groups is 1. The topological polar surface area (TPSA) is 70.2 Å². The number of unbranched alkanes of at least 4 members (excludes halogenated alkanes) is 1. The average Bonchev–Trinajstić information content (AvgIpc) is 2.42. The lowest BCUT2D eigenvalue weighted by Gasteiger charge is -2.05. The molecule has 1 rings (SSSR count). The Kier molecular flexibility index (Phi) is 3.50. The second kappa shape index (κ2) is 4.64. The fourth-order valence-electron chi connectivity index (χ4n) is 1.25. The van der Waals surface area contributed by atoms with Crippen LogP contribution in [0.2, 0.25) is 0 Å². The monoisotopic (exact) mass is 197 g/mol. The van der Waals surface area contributed by atoms with Gasteiger partial charge in [-0.05, 0) is 6.42 Å². The van der Waals surface area contributed by atoms with Crippen LogP contribution in [0.25, 0.3) is 0 Å².